The van der Waals surface area contributed by atoms with Gasteiger partial charge in [0.05, 0.1) is 0 Å². The number of hydrogen-bond donors (Lipinski definition) is 0. The fourth-order valence-electron chi connectivity index (χ4n) is 0.642. The van der Waals surface area contributed by atoms with E-state index >= 15 is 0 Å². The van der Waals surface area contributed by atoms with Gasteiger partial charge in [0.2, 0.25) is 0 Å². The molecule has 0 aliphatic rings. The molecule has 0 radical (unpaired) electrons. The molecule has 0 saturated carbocycles. The van der Waals surface area contributed by atoms with Gasteiger partial charge in [0, 0.05) is 0 Å². The Morgan fingerprint density at radius 1 is 0.750 bits per heavy atom. The van der Waals surface area contributed by atoms with Crippen LogP contribution >= 0.6 is 0 Å². The fraction of sp³-hybridized carbons (Fsp3) is 0.167. The van der Waals surface area contributed by atoms with E-state index in [2.05, 4.69) is 13.1 Å². The summed E-state index contributed by atoms with van der Waals surface area (Å²) in [7, 11) is 0. The van der Waals surface area contributed by atoms with Gasteiger partial charge < -0.3 is 24.8 Å². The van der Waals surface area contributed by atoms with Gasteiger partial charge in [0.15, 0.2) is 0 Å². The van der Waals surface area contributed by atoms with Crippen LogP contribution < -0.4 is 24.8 Å². The molecule has 0 N–H and O–H groups in total. The van der Waals surface area contributed by atoms with Crippen molar-refractivity contribution < 1.29 is 48.1 Å². The Labute approximate surface area is 126 Å². The summed E-state index contributed by atoms with van der Waals surface area (Å²) in [6.07, 6.45) is 0. The van der Waals surface area contributed by atoms with Crippen molar-refractivity contribution in [2.45, 2.75) is 13.1 Å². The van der Waals surface area contributed by atoms with Gasteiger partial charge in [-0.05, 0) is 0 Å². The molecular weight excluding hydrogens is 334 g/mol. The minimum absolute atomic E-state index is 0. The van der Waals surface area contributed by atoms with E-state index in [1.54, 1.807) is 23.3 Å². The predicted octanol–water partition coefficient (Wildman–Crippen LogP) is -2.40. The summed E-state index contributed by atoms with van der Waals surface area (Å²) in [6, 6.07) is 20.0. The molecule has 16 heavy (non-hydrogen) atoms. The Kier molecular flexibility index (Phi) is 24.0. The van der Waals surface area contributed by atoms with Gasteiger partial charge in [-0.15, -0.1) is 0 Å². The summed E-state index contributed by atoms with van der Waals surface area (Å²) in [5.41, 5.74) is 0.210. The molecule has 0 spiro atoms. The Morgan fingerprint density at radius 3 is 1.00 bits per heavy atom. The van der Waals surface area contributed by atoms with Crippen LogP contribution in [0.5, 0.6) is 0 Å². The first kappa shape index (κ1) is 21.6. The van der Waals surface area contributed by atoms with Crippen molar-refractivity contribution >= 4 is 5.43 Å². The molecule has 88 valence electrons. The molecule has 0 atom stereocenters. The molecule has 0 aliphatic carbocycles. The van der Waals surface area contributed by atoms with E-state index in [1.165, 1.54) is 0 Å². The minimum atomic E-state index is 0. The molecule has 0 bridgehead atoms. The summed E-state index contributed by atoms with van der Waals surface area (Å²) in [5.74, 6) is 0. The normalized spacial score (nSPS) is 6.75. The molecule has 0 amide bonds. The van der Waals surface area contributed by atoms with Crippen molar-refractivity contribution in [2.24, 2.45) is 0 Å². The Bertz CT molecular complexity index is 226. The topological polar surface area (TPSA) is 0 Å². The van der Waals surface area contributed by atoms with Crippen LogP contribution in [0.3, 0.4) is 0 Å². The molecule has 0 aliphatic heterocycles. The summed E-state index contributed by atoms with van der Waals surface area (Å²) in [4.78, 5) is 0. The number of halogens is 2. The first-order valence-corrected chi connectivity index (χ1v) is 10.8. The molecule has 2 rings (SSSR count). The van der Waals surface area contributed by atoms with Crippen molar-refractivity contribution in [2.75, 3.05) is 0 Å². The van der Waals surface area contributed by atoms with Crippen molar-refractivity contribution in [3.8, 4) is 0 Å². The smallest absolute Gasteiger partial charge is 0.172 e. The van der Waals surface area contributed by atoms with Crippen LogP contribution in [0.25, 0.3) is 0 Å². The summed E-state index contributed by atoms with van der Waals surface area (Å²) in [5, 5.41) is 0. The monoisotopic (exact) mass is 348 g/mol. The van der Waals surface area contributed by atoms with Crippen LogP contribution in [0, 0.1) is 0 Å². The van der Waals surface area contributed by atoms with E-state index in [-0.39, 0.29) is 30.2 Å². The van der Waals surface area contributed by atoms with E-state index in [1.807, 2.05) is 60.7 Å². The molecule has 0 fully saturated rings. The van der Waals surface area contributed by atoms with Crippen LogP contribution in [0.1, 0.15) is 0 Å². The zero-order chi connectivity index (χ0) is 10.6. The zero-order valence-corrected chi connectivity index (χ0v) is 14.5. The van der Waals surface area contributed by atoms with Crippen LogP contribution in [0.2, 0.25) is 13.1 Å². The second-order valence-corrected chi connectivity index (χ2v) is 12.3. The van der Waals surface area contributed by atoms with Crippen LogP contribution in [0.4, 0.5) is 0 Å². The largest absolute Gasteiger partial charge is 1.00 e. The van der Waals surface area contributed by atoms with Gasteiger partial charge in [-0.1, -0.05) is 0 Å². The van der Waals surface area contributed by atoms with Gasteiger partial charge in [-0.25, -0.2) is 24.3 Å². The molecular formula is C12H16Cl2SiZr-2. The SMILES string of the molecule is C[Si](C)=[Zr+2].[Cl-].[Cl-].c1cc[cH-]c1.c1cc[cH-]c1. The molecule has 0 unspecified atom stereocenters. The zero-order valence-electron chi connectivity index (χ0n) is 9.53. The van der Waals surface area contributed by atoms with Gasteiger partial charge in [-0.2, -0.15) is 36.4 Å². The molecule has 2 aromatic rings. The van der Waals surface area contributed by atoms with Crippen molar-refractivity contribution in [1.82, 2.24) is 0 Å². The quantitative estimate of drug-likeness (QED) is 0.367. The van der Waals surface area contributed by atoms with Gasteiger partial charge in [0.25, 0.3) is 0 Å². The Morgan fingerprint density at radius 2 is 0.938 bits per heavy atom. The second kappa shape index (κ2) is 17.8. The molecule has 0 aromatic heterocycles. The van der Waals surface area contributed by atoms with Crippen molar-refractivity contribution in [1.29, 1.82) is 0 Å². The molecule has 0 saturated heterocycles. The van der Waals surface area contributed by atoms with Crippen molar-refractivity contribution in [3.63, 3.8) is 0 Å². The molecule has 0 heterocycles. The predicted molar refractivity (Wildman–Crippen MR) is 61.6 cm³/mol. The van der Waals surface area contributed by atoms with E-state index < -0.39 is 0 Å². The summed E-state index contributed by atoms with van der Waals surface area (Å²) >= 11 is 1.74. The third kappa shape index (κ3) is 23.9. The van der Waals surface area contributed by atoms with E-state index in [4.69, 9.17) is 0 Å². The van der Waals surface area contributed by atoms with Crippen LogP contribution in [-0.2, 0) is 23.3 Å². The molecule has 2 aromatic carbocycles. The molecule has 4 heteroatoms. The second-order valence-electron chi connectivity index (χ2n) is 2.92. The first-order chi connectivity index (χ1) is 6.73. The van der Waals surface area contributed by atoms with Crippen LogP contribution in [0.15, 0.2) is 60.7 Å². The minimum Gasteiger partial charge on any atom is -1.00 e. The van der Waals surface area contributed by atoms with Gasteiger partial charge in [0.1, 0.15) is 0 Å². The van der Waals surface area contributed by atoms with E-state index in [9.17, 15) is 0 Å². The average molecular weight is 350 g/mol. The van der Waals surface area contributed by atoms with Gasteiger partial charge >= 0.3 is 41.9 Å². The summed E-state index contributed by atoms with van der Waals surface area (Å²) in [6.45, 7) is 4.62. The van der Waals surface area contributed by atoms with E-state index in [0.717, 1.165) is 0 Å². The third-order valence-corrected chi connectivity index (χ3v) is 1.11. The standard InChI is InChI=1S/2C5H5.C2H6Si.2ClH.Zr/c2*1-2-4-5-3-1;1-3-2;;;/h2*1-5H;1-2H3;2*1H;/q2*-1;;;;+2/p-2. The average Bonchev–Trinajstić information content (AvgIpc) is 2.83. The molecule has 0 nitrogen and oxygen atoms in total. The Balaban J connectivity index is -0.000000151. The van der Waals surface area contributed by atoms with E-state index in [0.29, 0.717) is 0 Å². The van der Waals surface area contributed by atoms with Gasteiger partial charge in [-0.3, -0.25) is 0 Å². The maximum absolute atomic E-state index is 2.31. The maximum Gasteiger partial charge on any atom is -0.172 e. The van der Waals surface area contributed by atoms with Crippen molar-refractivity contribution in [3.05, 3.63) is 60.7 Å². The number of rotatable bonds is 0. The number of hydrogen-bond acceptors (Lipinski definition) is 0. The fourth-order valence-corrected chi connectivity index (χ4v) is 0.642. The van der Waals surface area contributed by atoms with Crippen LogP contribution in [-0.4, -0.2) is 5.43 Å². The first-order valence-electron chi connectivity index (χ1n) is 4.58. The summed E-state index contributed by atoms with van der Waals surface area (Å²) < 4.78 is 0. The third-order valence-electron chi connectivity index (χ3n) is 1.11. The maximum atomic E-state index is 2.31. The Hall–Kier alpha value is 0.380.